The third-order valence-electron chi connectivity index (χ3n) is 1.38. The summed E-state index contributed by atoms with van der Waals surface area (Å²) in [6.45, 7) is 1.08. The molecule has 0 fully saturated rings. The molecule has 0 unspecified atom stereocenters. The molecule has 0 bridgehead atoms. The Kier molecular flexibility index (Phi) is 9.26. The number of hydrogen-bond acceptors (Lipinski definition) is 3. The second kappa shape index (κ2) is 8.74. The quantitative estimate of drug-likeness (QED) is 0.660. The molecule has 88 valence electrons. The molecule has 0 atom stereocenters. The summed E-state index contributed by atoms with van der Waals surface area (Å²) in [5.41, 5.74) is 0.167. The Morgan fingerprint density at radius 2 is 1.00 bits per heavy atom. The number of aromatic carboxylic acids is 2. The summed E-state index contributed by atoms with van der Waals surface area (Å²) in [5.74, 6) is -2.96. The van der Waals surface area contributed by atoms with Crippen molar-refractivity contribution in [2.45, 2.75) is 6.92 Å². The van der Waals surface area contributed by atoms with Gasteiger partial charge in [-0.05, 0) is 24.3 Å². The van der Waals surface area contributed by atoms with Crippen molar-refractivity contribution in [1.29, 1.82) is 0 Å². The van der Waals surface area contributed by atoms with Crippen LogP contribution in [0.5, 0.6) is 0 Å². The van der Waals surface area contributed by atoms with Gasteiger partial charge in [-0.1, -0.05) is 0 Å². The molecule has 0 saturated carbocycles. The van der Waals surface area contributed by atoms with Gasteiger partial charge in [0.1, 0.15) is 0 Å². The molecule has 1 aromatic carbocycles. The molecule has 7 heteroatoms. The van der Waals surface area contributed by atoms with Gasteiger partial charge < -0.3 is 15.3 Å². The van der Waals surface area contributed by atoms with E-state index >= 15 is 0 Å². The van der Waals surface area contributed by atoms with E-state index in [-0.39, 0.29) is 40.7 Å². The second-order valence-electron chi connectivity index (χ2n) is 2.71. The molecule has 1 aromatic rings. The van der Waals surface area contributed by atoms with E-state index in [2.05, 4.69) is 0 Å². The fourth-order valence-electron chi connectivity index (χ4n) is 0.755. The summed E-state index contributed by atoms with van der Waals surface area (Å²) in [5, 5.41) is 24.4. The van der Waals surface area contributed by atoms with E-state index in [0.717, 1.165) is 6.92 Å². The fraction of sp³-hybridized carbons (Fsp3) is 0.100. The summed E-state index contributed by atoms with van der Waals surface area (Å²) in [4.78, 5) is 29.7. The van der Waals surface area contributed by atoms with Crippen LogP contribution in [0.4, 0.5) is 0 Å². The zero-order valence-electron chi connectivity index (χ0n) is 8.38. The maximum atomic E-state index is 10.3. The predicted octanol–water partition coefficient (Wildman–Crippen LogP) is 0.525. The van der Waals surface area contributed by atoms with E-state index < -0.39 is 17.9 Å². The van der Waals surface area contributed by atoms with Crippen LogP contribution in [-0.4, -0.2) is 62.8 Å². The standard InChI is InChI=1S/C8H6O4.C2H4O2.Na.H/c9-7(10)5-1-2-6(4-3-5)8(11)12;1-2(3)4;;/h1-4H,(H,9,10)(H,11,12);1H3,(H,3,4);;. The number of carboxylic acid groups (broad SMARTS) is 3. The van der Waals surface area contributed by atoms with Crippen molar-refractivity contribution >= 4 is 47.5 Å². The summed E-state index contributed by atoms with van der Waals surface area (Å²) >= 11 is 0. The fourth-order valence-corrected chi connectivity index (χ4v) is 0.755. The summed E-state index contributed by atoms with van der Waals surface area (Å²) in [6.07, 6.45) is 0. The van der Waals surface area contributed by atoms with Gasteiger partial charge >= 0.3 is 41.5 Å². The first-order valence-electron chi connectivity index (χ1n) is 4.10. The molecule has 0 aliphatic carbocycles. The molecule has 6 nitrogen and oxygen atoms in total. The summed E-state index contributed by atoms with van der Waals surface area (Å²) in [6, 6.07) is 5.02. The Morgan fingerprint density at radius 3 is 1.12 bits per heavy atom. The molecule has 0 aliphatic heterocycles. The van der Waals surface area contributed by atoms with Gasteiger partial charge in [0.15, 0.2) is 0 Å². The van der Waals surface area contributed by atoms with E-state index in [0.29, 0.717) is 0 Å². The van der Waals surface area contributed by atoms with Crippen LogP contribution in [0.15, 0.2) is 24.3 Å². The van der Waals surface area contributed by atoms with E-state index in [1.54, 1.807) is 0 Å². The van der Waals surface area contributed by atoms with Crippen LogP contribution in [0.25, 0.3) is 0 Å². The van der Waals surface area contributed by atoms with Crippen molar-refractivity contribution in [1.82, 2.24) is 0 Å². The van der Waals surface area contributed by atoms with Gasteiger partial charge in [0, 0.05) is 6.92 Å². The summed E-state index contributed by atoms with van der Waals surface area (Å²) < 4.78 is 0. The van der Waals surface area contributed by atoms with Crippen molar-refractivity contribution in [3.63, 3.8) is 0 Å². The van der Waals surface area contributed by atoms with Crippen molar-refractivity contribution in [2.24, 2.45) is 0 Å². The van der Waals surface area contributed by atoms with Gasteiger partial charge in [-0.25, -0.2) is 9.59 Å². The first kappa shape index (κ1) is 18.0. The van der Waals surface area contributed by atoms with Gasteiger partial charge in [0.25, 0.3) is 5.97 Å². The molecule has 0 saturated heterocycles. The monoisotopic (exact) mass is 250 g/mol. The molecule has 0 spiro atoms. The molecule has 0 aromatic heterocycles. The van der Waals surface area contributed by atoms with Gasteiger partial charge in [-0.2, -0.15) is 0 Å². The topological polar surface area (TPSA) is 112 Å². The summed E-state index contributed by atoms with van der Waals surface area (Å²) in [7, 11) is 0. The Labute approximate surface area is 119 Å². The van der Waals surface area contributed by atoms with Crippen molar-refractivity contribution in [3.05, 3.63) is 35.4 Å². The van der Waals surface area contributed by atoms with Crippen LogP contribution < -0.4 is 0 Å². The SMILES string of the molecule is CC(=O)O.O=C(O)c1ccc(C(=O)O)cc1.[NaH]. The minimum atomic E-state index is -1.06. The molecule has 0 aliphatic rings. The number of aliphatic carboxylic acids is 1. The normalized spacial score (nSPS) is 8.06. The van der Waals surface area contributed by atoms with Crippen LogP contribution in [0.1, 0.15) is 27.6 Å². The zero-order valence-corrected chi connectivity index (χ0v) is 8.38. The minimum absolute atomic E-state index is 0. The average Bonchev–Trinajstić information content (AvgIpc) is 2.17. The van der Waals surface area contributed by atoms with Crippen LogP contribution in [0.2, 0.25) is 0 Å². The number of benzene rings is 1. The first-order valence-corrected chi connectivity index (χ1v) is 4.10. The van der Waals surface area contributed by atoms with E-state index in [9.17, 15) is 9.59 Å². The van der Waals surface area contributed by atoms with Gasteiger partial charge in [0.2, 0.25) is 0 Å². The van der Waals surface area contributed by atoms with E-state index in [1.165, 1.54) is 24.3 Å². The maximum absolute atomic E-state index is 10.3. The third kappa shape index (κ3) is 8.44. The Hall–Kier alpha value is -1.37. The Bertz CT molecular complexity index is 361. The molecule has 0 amide bonds. The number of carbonyl (C=O) groups is 3. The molecule has 17 heavy (non-hydrogen) atoms. The molecule has 1 rings (SSSR count). The van der Waals surface area contributed by atoms with E-state index in [1.807, 2.05) is 0 Å². The number of hydrogen-bond donors (Lipinski definition) is 3. The second-order valence-corrected chi connectivity index (χ2v) is 2.71. The van der Waals surface area contributed by atoms with Gasteiger partial charge in [-0.3, -0.25) is 4.79 Å². The molecule has 0 radical (unpaired) electrons. The Balaban J connectivity index is 0. The third-order valence-corrected chi connectivity index (χ3v) is 1.38. The van der Waals surface area contributed by atoms with Gasteiger partial charge in [0.05, 0.1) is 11.1 Å². The van der Waals surface area contributed by atoms with Crippen LogP contribution >= 0.6 is 0 Å². The predicted molar refractivity (Wildman–Crippen MR) is 60.8 cm³/mol. The van der Waals surface area contributed by atoms with Crippen LogP contribution in [0.3, 0.4) is 0 Å². The van der Waals surface area contributed by atoms with E-state index in [4.69, 9.17) is 20.1 Å². The molecular formula is C10H11NaO6. The zero-order chi connectivity index (χ0) is 12.7. The van der Waals surface area contributed by atoms with Crippen molar-refractivity contribution in [3.8, 4) is 0 Å². The number of rotatable bonds is 2. The molecule has 0 heterocycles. The van der Waals surface area contributed by atoms with Gasteiger partial charge in [-0.15, -0.1) is 0 Å². The molecule has 3 N–H and O–H groups in total. The van der Waals surface area contributed by atoms with Crippen molar-refractivity contribution in [2.75, 3.05) is 0 Å². The van der Waals surface area contributed by atoms with Crippen LogP contribution in [0, 0.1) is 0 Å². The molecular weight excluding hydrogens is 239 g/mol. The first-order chi connectivity index (χ1) is 7.34. The number of carboxylic acids is 3. The van der Waals surface area contributed by atoms with Crippen LogP contribution in [-0.2, 0) is 4.79 Å². The van der Waals surface area contributed by atoms with Crippen molar-refractivity contribution < 1.29 is 29.7 Å². The Morgan fingerprint density at radius 1 is 0.824 bits per heavy atom. The average molecular weight is 250 g/mol.